The number of halogens is 1. The van der Waals surface area contributed by atoms with Gasteiger partial charge in [0.15, 0.2) is 0 Å². The van der Waals surface area contributed by atoms with Crippen LogP contribution in [0, 0.1) is 0 Å². The Morgan fingerprint density at radius 1 is 1.41 bits per heavy atom. The van der Waals surface area contributed by atoms with Crippen LogP contribution in [-0.2, 0) is 0 Å². The van der Waals surface area contributed by atoms with Gasteiger partial charge in [0.2, 0.25) is 0 Å². The van der Waals surface area contributed by atoms with Gasteiger partial charge in [0, 0.05) is 5.56 Å². The Hall–Kier alpha value is -0.580. The van der Waals surface area contributed by atoms with Crippen molar-refractivity contribution in [3.63, 3.8) is 0 Å². The molecule has 0 amide bonds. The molecule has 0 fully saturated rings. The first-order chi connectivity index (χ1) is 8.19. The fraction of sp³-hybridized carbons (Fsp3) is 0.538. The van der Waals surface area contributed by atoms with E-state index in [4.69, 9.17) is 4.74 Å². The number of aliphatic hydroxyl groups is 1. The molecule has 94 valence electrons. The number of likely N-dealkylation sites (N-methyl/N-ethyl adjacent to an activating group) is 1. The largest absolute Gasteiger partial charge is 0.490 e. The highest BCUT2D eigenvalue weighted by Crippen LogP contribution is 2.38. The Bertz CT molecular complexity index is 393. The number of hydrogen-bond acceptors (Lipinski definition) is 3. The molecular weight excluding hydrogens is 282 g/mol. The SMILES string of the molecule is CCN(CC)C1COc2c(Br)cccc2C1O. The highest BCUT2D eigenvalue weighted by Gasteiger charge is 2.33. The molecule has 0 saturated carbocycles. The number of hydrogen-bond donors (Lipinski definition) is 1. The van der Waals surface area contributed by atoms with Crippen molar-refractivity contribution in [3.8, 4) is 5.75 Å². The molecule has 1 heterocycles. The summed E-state index contributed by atoms with van der Waals surface area (Å²) in [6.07, 6.45) is -0.476. The van der Waals surface area contributed by atoms with Gasteiger partial charge in [-0.05, 0) is 35.1 Å². The van der Waals surface area contributed by atoms with Gasteiger partial charge in [-0.2, -0.15) is 0 Å². The summed E-state index contributed by atoms with van der Waals surface area (Å²) in [4.78, 5) is 2.23. The van der Waals surface area contributed by atoms with E-state index in [1.165, 1.54) is 0 Å². The number of ether oxygens (including phenoxy) is 1. The number of benzene rings is 1. The molecule has 0 saturated heterocycles. The molecule has 0 aromatic heterocycles. The van der Waals surface area contributed by atoms with Crippen molar-refractivity contribution in [1.82, 2.24) is 4.90 Å². The minimum absolute atomic E-state index is 0.0480. The first kappa shape index (κ1) is 12.9. The topological polar surface area (TPSA) is 32.7 Å². The van der Waals surface area contributed by atoms with Gasteiger partial charge in [0.25, 0.3) is 0 Å². The normalized spacial score (nSPS) is 23.4. The minimum Gasteiger partial charge on any atom is -0.490 e. The number of fused-ring (bicyclic) bond motifs is 1. The molecule has 1 aliphatic rings. The third-order valence-electron chi connectivity index (χ3n) is 3.36. The van der Waals surface area contributed by atoms with E-state index >= 15 is 0 Å². The molecule has 2 rings (SSSR count). The van der Waals surface area contributed by atoms with Crippen molar-refractivity contribution in [1.29, 1.82) is 0 Å². The Morgan fingerprint density at radius 3 is 2.76 bits per heavy atom. The smallest absolute Gasteiger partial charge is 0.139 e. The van der Waals surface area contributed by atoms with Crippen LogP contribution < -0.4 is 4.74 Å². The number of aliphatic hydroxyl groups excluding tert-OH is 1. The first-order valence-corrected chi connectivity index (χ1v) is 6.81. The van der Waals surface area contributed by atoms with Crippen molar-refractivity contribution >= 4 is 15.9 Å². The zero-order valence-corrected chi connectivity index (χ0v) is 11.8. The van der Waals surface area contributed by atoms with Crippen LogP contribution in [0.15, 0.2) is 22.7 Å². The highest BCUT2D eigenvalue weighted by atomic mass is 79.9. The maximum atomic E-state index is 10.4. The summed E-state index contributed by atoms with van der Waals surface area (Å²) in [5.74, 6) is 0.781. The molecule has 0 aliphatic carbocycles. The van der Waals surface area contributed by atoms with Crippen LogP contribution in [-0.4, -0.2) is 35.7 Å². The van der Waals surface area contributed by atoms with E-state index in [9.17, 15) is 5.11 Å². The molecule has 4 heteroatoms. The zero-order chi connectivity index (χ0) is 12.4. The molecule has 0 spiro atoms. The van der Waals surface area contributed by atoms with Gasteiger partial charge >= 0.3 is 0 Å². The fourth-order valence-corrected chi connectivity index (χ4v) is 2.87. The van der Waals surface area contributed by atoms with Gasteiger partial charge in [-0.15, -0.1) is 0 Å². The lowest BCUT2D eigenvalue weighted by atomic mass is 9.98. The van der Waals surface area contributed by atoms with E-state index in [0.29, 0.717) is 6.61 Å². The lowest BCUT2D eigenvalue weighted by Gasteiger charge is -2.37. The summed E-state index contributed by atoms with van der Waals surface area (Å²) in [6.45, 7) is 6.59. The van der Waals surface area contributed by atoms with E-state index in [-0.39, 0.29) is 6.04 Å². The first-order valence-electron chi connectivity index (χ1n) is 6.02. The molecule has 2 atom stereocenters. The summed E-state index contributed by atoms with van der Waals surface area (Å²) < 4.78 is 6.68. The van der Waals surface area contributed by atoms with Crippen LogP contribution in [0.5, 0.6) is 5.75 Å². The number of rotatable bonds is 3. The van der Waals surface area contributed by atoms with Crippen LogP contribution >= 0.6 is 15.9 Å². The van der Waals surface area contributed by atoms with Gasteiger partial charge in [-0.25, -0.2) is 0 Å². The number of para-hydroxylation sites is 1. The van der Waals surface area contributed by atoms with Gasteiger partial charge < -0.3 is 9.84 Å². The Morgan fingerprint density at radius 2 is 2.12 bits per heavy atom. The van der Waals surface area contributed by atoms with Gasteiger partial charge in [-0.3, -0.25) is 4.90 Å². The summed E-state index contributed by atoms with van der Waals surface area (Å²) in [6, 6.07) is 5.84. The molecule has 0 radical (unpaired) electrons. The van der Waals surface area contributed by atoms with Crippen molar-refractivity contribution in [2.45, 2.75) is 26.0 Å². The minimum atomic E-state index is -0.476. The average molecular weight is 300 g/mol. The van der Waals surface area contributed by atoms with Crippen LogP contribution in [0.1, 0.15) is 25.5 Å². The second-order valence-corrected chi connectivity index (χ2v) is 5.06. The highest BCUT2D eigenvalue weighted by molar-refractivity contribution is 9.10. The van der Waals surface area contributed by atoms with Crippen LogP contribution in [0.25, 0.3) is 0 Å². The standard InChI is InChI=1S/C13H18BrNO2/c1-3-15(4-2)11-8-17-13-9(12(11)16)6-5-7-10(13)14/h5-7,11-12,16H,3-4,8H2,1-2H3. The Kier molecular flexibility index (Phi) is 4.07. The third kappa shape index (κ3) is 2.34. The molecule has 1 aromatic carbocycles. The average Bonchev–Trinajstić information content (AvgIpc) is 2.34. The molecule has 0 bridgehead atoms. The third-order valence-corrected chi connectivity index (χ3v) is 3.98. The molecule has 1 aliphatic heterocycles. The summed E-state index contributed by atoms with van der Waals surface area (Å²) >= 11 is 3.45. The van der Waals surface area contributed by atoms with Crippen molar-refractivity contribution in [2.24, 2.45) is 0 Å². The Balaban J connectivity index is 2.30. The lowest BCUT2D eigenvalue weighted by molar-refractivity contribution is 0.00754. The molecule has 1 N–H and O–H groups in total. The van der Waals surface area contributed by atoms with E-state index in [2.05, 4.69) is 34.7 Å². The van der Waals surface area contributed by atoms with E-state index in [0.717, 1.165) is 28.9 Å². The maximum Gasteiger partial charge on any atom is 0.139 e. The summed E-state index contributed by atoms with van der Waals surface area (Å²) in [5.41, 5.74) is 0.877. The molecule has 17 heavy (non-hydrogen) atoms. The fourth-order valence-electron chi connectivity index (χ4n) is 2.38. The van der Waals surface area contributed by atoms with E-state index < -0.39 is 6.10 Å². The summed E-state index contributed by atoms with van der Waals surface area (Å²) in [5, 5.41) is 10.4. The molecule has 3 nitrogen and oxygen atoms in total. The van der Waals surface area contributed by atoms with Crippen LogP contribution in [0.2, 0.25) is 0 Å². The quantitative estimate of drug-likeness (QED) is 0.931. The van der Waals surface area contributed by atoms with Crippen molar-refractivity contribution in [2.75, 3.05) is 19.7 Å². The van der Waals surface area contributed by atoms with Crippen molar-refractivity contribution < 1.29 is 9.84 Å². The van der Waals surface area contributed by atoms with Crippen LogP contribution in [0.4, 0.5) is 0 Å². The Labute approximate surface area is 111 Å². The molecule has 1 aromatic rings. The predicted molar refractivity (Wildman–Crippen MR) is 71.3 cm³/mol. The maximum absolute atomic E-state index is 10.4. The molecular formula is C13H18BrNO2. The zero-order valence-electron chi connectivity index (χ0n) is 10.2. The molecule has 2 unspecified atom stereocenters. The van der Waals surface area contributed by atoms with E-state index in [1.54, 1.807) is 0 Å². The van der Waals surface area contributed by atoms with Crippen molar-refractivity contribution in [3.05, 3.63) is 28.2 Å². The van der Waals surface area contributed by atoms with Gasteiger partial charge in [0.1, 0.15) is 18.5 Å². The monoisotopic (exact) mass is 299 g/mol. The second-order valence-electron chi connectivity index (χ2n) is 4.20. The van der Waals surface area contributed by atoms with E-state index in [1.807, 2.05) is 18.2 Å². The predicted octanol–water partition coefficient (Wildman–Crippen LogP) is 2.59. The summed E-state index contributed by atoms with van der Waals surface area (Å²) in [7, 11) is 0. The van der Waals surface area contributed by atoms with Crippen LogP contribution in [0.3, 0.4) is 0 Å². The second kappa shape index (κ2) is 5.38. The number of nitrogens with zero attached hydrogens (tertiary/aromatic N) is 1. The lowest BCUT2D eigenvalue weighted by Crippen LogP contribution is -2.45. The van der Waals surface area contributed by atoms with Gasteiger partial charge in [0.05, 0.1) is 10.5 Å². The van der Waals surface area contributed by atoms with Gasteiger partial charge in [-0.1, -0.05) is 26.0 Å².